The smallest absolute Gasteiger partial charge is 0.133 e. The highest BCUT2D eigenvalue weighted by atomic mass is 16.5. The molecule has 0 atom stereocenters. The van der Waals surface area contributed by atoms with Crippen LogP contribution in [0.4, 0.5) is 0 Å². The minimum atomic E-state index is 0.823. The molecule has 3 heteroatoms. The number of unbranched alkanes of at least 4 members (excludes halogenated alkanes) is 3. The van der Waals surface area contributed by atoms with E-state index in [0.29, 0.717) is 0 Å². The van der Waals surface area contributed by atoms with Crippen LogP contribution in [0.1, 0.15) is 44.1 Å². The maximum atomic E-state index is 4.97. The molecule has 0 aliphatic rings. The molecular formula is C11H20N2O. The summed E-state index contributed by atoms with van der Waals surface area (Å²) >= 11 is 0. The Bertz CT molecular complexity index is 245. The van der Waals surface area contributed by atoms with Crippen LogP contribution in [0.2, 0.25) is 0 Å². The molecule has 0 amide bonds. The van der Waals surface area contributed by atoms with Crippen molar-refractivity contribution >= 4 is 0 Å². The van der Waals surface area contributed by atoms with E-state index in [1.54, 1.807) is 0 Å². The fraction of sp³-hybridized carbons (Fsp3) is 0.727. The first kappa shape index (κ1) is 11.2. The van der Waals surface area contributed by atoms with Gasteiger partial charge in [-0.25, -0.2) is 0 Å². The van der Waals surface area contributed by atoms with Gasteiger partial charge >= 0.3 is 0 Å². The average molecular weight is 196 g/mol. The number of aryl methyl sites for hydroxylation is 1. The Morgan fingerprint density at radius 1 is 1.36 bits per heavy atom. The summed E-state index contributed by atoms with van der Waals surface area (Å²) < 4.78 is 4.97. The molecule has 1 rings (SSSR count). The highest BCUT2D eigenvalue weighted by molar-refractivity contribution is 5.02. The van der Waals surface area contributed by atoms with Crippen LogP contribution in [0.15, 0.2) is 10.6 Å². The van der Waals surface area contributed by atoms with Crippen LogP contribution in [0.25, 0.3) is 0 Å². The SMILES string of the molecule is CCCCCCNCc1cc(C)on1. The molecule has 0 unspecified atom stereocenters. The highest BCUT2D eigenvalue weighted by Gasteiger charge is 1.98. The summed E-state index contributed by atoms with van der Waals surface area (Å²) in [6.07, 6.45) is 5.21. The summed E-state index contributed by atoms with van der Waals surface area (Å²) in [5.74, 6) is 0.882. The van der Waals surface area contributed by atoms with Gasteiger partial charge in [0.2, 0.25) is 0 Å². The summed E-state index contributed by atoms with van der Waals surface area (Å²) in [5.41, 5.74) is 0.998. The lowest BCUT2D eigenvalue weighted by molar-refractivity contribution is 0.388. The van der Waals surface area contributed by atoms with Gasteiger partial charge in [0.05, 0.1) is 5.69 Å². The first-order valence-corrected chi connectivity index (χ1v) is 5.46. The number of rotatable bonds is 7. The summed E-state index contributed by atoms with van der Waals surface area (Å²) in [5, 5.41) is 7.26. The van der Waals surface area contributed by atoms with Gasteiger partial charge in [-0.1, -0.05) is 31.3 Å². The van der Waals surface area contributed by atoms with Gasteiger partial charge < -0.3 is 9.84 Å². The van der Waals surface area contributed by atoms with Gasteiger partial charge in [-0.2, -0.15) is 0 Å². The molecule has 0 saturated heterocycles. The van der Waals surface area contributed by atoms with E-state index in [4.69, 9.17) is 4.52 Å². The third-order valence-corrected chi connectivity index (χ3v) is 2.19. The lowest BCUT2D eigenvalue weighted by atomic mass is 10.2. The van der Waals surface area contributed by atoms with Crippen molar-refractivity contribution in [3.8, 4) is 0 Å². The first-order valence-electron chi connectivity index (χ1n) is 5.46. The van der Waals surface area contributed by atoms with Crippen LogP contribution >= 0.6 is 0 Å². The van der Waals surface area contributed by atoms with E-state index in [-0.39, 0.29) is 0 Å². The normalized spacial score (nSPS) is 10.7. The number of nitrogens with zero attached hydrogens (tertiary/aromatic N) is 1. The second kappa shape index (κ2) is 6.60. The minimum absolute atomic E-state index is 0.823. The standard InChI is InChI=1S/C11H20N2O/c1-3-4-5-6-7-12-9-11-8-10(2)14-13-11/h8,12H,3-7,9H2,1-2H3. The third kappa shape index (κ3) is 4.42. The molecule has 1 aromatic heterocycles. The van der Waals surface area contributed by atoms with Crippen molar-refractivity contribution in [1.82, 2.24) is 10.5 Å². The van der Waals surface area contributed by atoms with Crippen LogP contribution in [0.5, 0.6) is 0 Å². The molecule has 0 fully saturated rings. The van der Waals surface area contributed by atoms with Crippen molar-refractivity contribution in [2.75, 3.05) is 6.54 Å². The highest BCUT2D eigenvalue weighted by Crippen LogP contribution is 2.01. The molecule has 0 aliphatic heterocycles. The molecule has 14 heavy (non-hydrogen) atoms. The van der Waals surface area contributed by atoms with E-state index < -0.39 is 0 Å². The summed E-state index contributed by atoms with van der Waals surface area (Å²) in [7, 11) is 0. The zero-order valence-corrected chi connectivity index (χ0v) is 9.18. The average Bonchev–Trinajstić information content (AvgIpc) is 2.58. The molecule has 0 radical (unpaired) electrons. The van der Waals surface area contributed by atoms with Gasteiger partial charge in [0, 0.05) is 12.6 Å². The van der Waals surface area contributed by atoms with Gasteiger partial charge in [0.1, 0.15) is 5.76 Å². The summed E-state index contributed by atoms with van der Waals surface area (Å²) in [6, 6.07) is 1.97. The Labute approximate surface area is 85.9 Å². The Kier molecular flexibility index (Phi) is 5.30. The number of aromatic nitrogens is 1. The fourth-order valence-electron chi connectivity index (χ4n) is 1.39. The van der Waals surface area contributed by atoms with Gasteiger partial charge in [-0.3, -0.25) is 0 Å². The minimum Gasteiger partial charge on any atom is -0.361 e. The molecule has 1 aromatic rings. The molecule has 1 N–H and O–H groups in total. The van der Waals surface area contributed by atoms with E-state index in [1.165, 1.54) is 25.7 Å². The van der Waals surface area contributed by atoms with E-state index >= 15 is 0 Å². The van der Waals surface area contributed by atoms with Crippen LogP contribution in [0.3, 0.4) is 0 Å². The molecular weight excluding hydrogens is 176 g/mol. The van der Waals surface area contributed by atoms with Crippen LogP contribution < -0.4 is 5.32 Å². The molecule has 1 heterocycles. The predicted molar refractivity (Wildman–Crippen MR) is 57.1 cm³/mol. The lowest BCUT2D eigenvalue weighted by Crippen LogP contribution is -2.14. The Morgan fingerprint density at radius 3 is 2.86 bits per heavy atom. The zero-order valence-electron chi connectivity index (χ0n) is 9.18. The quantitative estimate of drug-likeness (QED) is 0.681. The number of hydrogen-bond acceptors (Lipinski definition) is 3. The van der Waals surface area contributed by atoms with Gasteiger partial charge in [0.25, 0.3) is 0 Å². The third-order valence-electron chi connectivity index (χ3n) is 2.19. The molecule has 0 spiro atoms. The van der Waals surface area contributed by atoms with Crippen molar-refractivity contribution in [2.24, 2.45) is 0 Å². The van der Waals surface area contributed by atoms with Crippen molar-refractivity contribution in [3.63, 3.8) is 0 Å². The van der Waals surface area contributed by atoms with Crippen molar-refractivity contribution < 1.29 is 4.52 Å². The van der Waals surface area contributed by atoms with Crippen molar-refractivity contribution in [3.05, 3.63) is 17.5 Å². The predicted octanol–water partition coefficient (Wildman–Crippen LogP) is 2.65. The van der Waals surface area contributed by atoms with Gasteiger partial charge in [0.15, 0.2) is 0 Å². The Hall–Kier alpha value is -0.830. The monoisotopic (exact) mass is 196 g/mol. The number of nitrogens with one attached hydrogen (secondary N) is 1. The fourth-order valence-corrected chi connectivity index (χ4v) is 1.39. The molecule has 80 valence electrons. The maximum Gasteiger partial charge on any atom is 0.133 e. The van der Waals surface area contributed by atoms with Crippen molar-refractivity contribution in [1.29, 1.82) is 0 Å². The second-order valence-corrected chi connectivity index (χ2v) is 3.67. The van der Waals surface area contributed by atoms with E-state index in [0.717, 1.165) is 24.5 Å². The zero-order chi connectivity index (χ0) is 10.2. The summed E-state index contributed by atoms with van der Waals surface area (Å²) in [6.45, 7) is 6.04. The van der Waals surface area contributed by atoms with E-state index in [9.17, 15) is 0 Å². The molecule has 0 bridgehead atoms. The molecule has 0 aliphatic carbocycles. The van der Waals surface area contributed by atoms with Crippen molar-refractivity contribution in [2.45, 2.75) is 46.1 Å². The molecule has 3 nitrogen and oxygen atoms in total. The summed E-state index contributed by atoms with van der Waals surface area (Å²) in [4.78, 5) is 0. The largest absolute Gasteiger partial charge is 0.361 e. The molecule has 0 saturated carbocycles. The second-order valence-electron chi connectivity index (χ2n) is 3.67. The maximum absolute atomic E-state index is 4.97. The first-order chi connectivity index (χ1) is 6.83. The Morgan fingerprint density at radius 2 is 2.21 bits per heavy atom. The molecule has 0 aromatic carbocycles. The van der Waals surface area contributed by atoms with E-state index in [1.807, 2.05) is 13.0 Å². The Balaban J connectivity index is 1.99. The van der Waals surface area contributed by atoms with Crippen LogP contribution in [0, 0.1) is 6.92 Å². The lowest BCUT2D eigenvalue weighted by Gasteiger charge is -2.00. The van der Waals surface area contributed by atoms with Crippen LogP contribution in [-0.4, -0.2) is 11.7 Å². The van der Waals surface area contributed by atoms with Crippen LogP contribution in [-0.2, 0) is 6.54 Å². The topological polar surface area (TPSA) is 38.1 Å². The van der Waals surface area contributed by atoms with E-state index in [2.05, 4.69) is 17.4 Å². The number of hydrogen-bond donors (Lipinski definition) is 1. The van der Waals surface area contributed by atoms with Gasteiger partial charge in [-0.15, -0.1) is 0 Å². The van der Waals surface area contributed by atoms with Gasteiger partial charge in [-0.05, 0) is 19.9 Å².